The van der Waals surface area contributed by atoms with Crippen molar-refractivity contribution in [3.05, 3.63) is 35.4 Å². The molecule has 2 heteroatoms. The maximum atomic E-state index is 9.99. The van der Waals surface area contributed by atoms with Crippen LogP contribution in [-0.2, 0) is 10.7 Å². The van der Waals surface area contributed by atoms with E-state index in [9.17, 15) is 4.79 Å². The smallest absolute Gasteiger partial charge is 0.131 e. The molecule has 0 radical (unpaired) electrons. The van der Waals surface area contributed by atoms with Gasteiger partial charge in [0.05, 0.1) is 6.42 Å². The normalized spacial score (nSPS) is 8.69. The summed E-state index contributed by atoms with van der Waals surface area (Å²) in [4.78, 5) is 9.99. The largest absolute Gasteiger partial charge is 0.302 e. The molecule has 0 aliphatic rings. The predicted molar refractivity (Wildman–Crippen MR) is 53.6 cm³/mol. The highest BCUT2D eigenvalue weighted by molar-refractivity contribution is 6.17. The van der Waals surface area contributed by atoms with E-state index < -0.39 is 0 Å². The van der Waals surface area contributed by atoms with Crippen LogP contribution < -0.4 is 0 Å². The van der Waals surface area contributed by atoms with Crippen LogP contribution in [-0.4, -0.2) is 6.29 Å². The second kappa shape index (κ2) is 5.40. The van der Waals surface area contributed by atoms with Gasteiger partial charge in [0.25, 0.3) is 0 Å². The van der Waals surface area contributed by atoms with E-state index >= 15 is 0 Å². The van der Waals surface area contributed by atoms with Crippen LogP contribution in [0.1, 0.15) is 17.5 Å². The first-order chi connectivity index (χ1) is 6.36. The minimum absolute atomic E-state index is 0.283. The number of alkyl halides is 1. The van der Waals surface area contributed by atoms with Crippen LogP contribution in [0, 0.1) is 11.8 Å². The third-order valence-electron chi connectivity index (χ3n) is 1.50. The Balaban J connectivity index is 2.78. The average molecular weight is 193 g/mol. The van der Waals surface area contributed by atoms with Crippen LogP contribution in [0.15, 0.2) is 24.3 Å². The van der Waals surface area contributed by atoms with Crippen molar-refractivity contribution < 1.29 is 4.79 Å². The van der Waals surface area contributed by atoms with Gasteiger partial charge in [0, 0.05) is 11.4 Å². The molecule has 13 heavy (non-hydrogen) atoms. The van der Waals surface area contributed by atoms with Crippen LogP contribution >= 0.6 is 11.6 Å². The lowest BCUT2D eigenvalue weighted by molar-refractivity contribution is -0.107. The fraction of sp³-hybridized carbons (Fsp3) is 0.182. The van der Waals surface area contributed by atoms with Gasteiger partial charge in [-0.2, -0.15) is 0 Å². The monoisotopic (exact) mass is 192 g/mol. The van der Waals surface area contributed by atoms with Crippen molar-refractivity contribution in [1.82, 2.24) is 0 Å². The van der Waals surface area contributed by atoms with Crippen LogP contribution in [0.3, 0.4) is 0 Å². The van der Waals surface area contributed by atoms with Crippen LogP contribution in [0.2, 0.25) is 0 Å². The first-order valence-electron chi connectivity index (χ1n) is 3.94. The SMILES string of the molecule is O=CCC#Cc1cccc(CCl)c1. The molecule has 0 fully saturated rings. The van der Waals surface area contributed by atoms with Crippen molar-refractivity contribution >= 4 is 17.9 Å². The summed E-state index contributed by atoms with van der Waals surface area (Å²) in [5.41, 5.74) is 1.94. The third-order valence-corrected chi connectivity index (χ3v) is 1.81. The molecule has 0 N–H and O–H groups in total. The van der Waals surface area contributed by atoms with Crippen LogP contribution in [0.5, 0.6) is 0 Å². The van der Waals surface area contributed by atoms with Crippen molar-refractivity contribution in [2.45, 2.75) is 12.3 Å². The molecular weight excluding hydrogens is 184 g/mol. The van der Waals surface area contributed by atoms with Gasteiger partial charge in [0.1, 0.15) is 6.29 Å². The number of aldehydes is 1. The Morgan fingerprint density at radius 1 is 1.46 bits per heavy atom. The summed E-state index contributed by atoms with van der Waals surface area (Å²) in [6.45, 7) is 0. The Kier molecular flexibility index (Phi) is 4.08. The van der Waals surface area contributed by atoms with Gasteiger partial charge in [-0.1, -0.05) is 24.0 Å². The lowest BCUT2D eigenvalue weighted by Gasteiger charge is -1.94. The highest BCUT2D eigenvalue weighted by Gasteiger charge is 1.90. The Labute approximate surface area is 82.7 Å². The summed E-state index contributed by atoms with van der Waals surface area (Å²) < 4.78 is 0. The van der Waals surface area contributed by atoms with Gasteiger partial charge in [-0.25, -0.2) is 0 Å². The number of hydrogen-bond donors (Lipinski definition) is 0. The predicted octanol–water partition coefficient (Wildman–Crippen LogP) is 2.37. The molecule has 0 amide bonds. The quantitative estimate of drug-likeness (QED) is 0.400. The zero-order valence-corrected chi connectivity index (χ0v) is 7.84. The highest BCUT2D eigenvalue weighted by atomic mass is 35.5. The molecule has 0 aromatic heterocycles. The van der Waals surface area contributed by atoms with E-state index in [1.54, 1.807) is 0 Å². The zero-order chi connectivity index (χ0) is 9.52. The molecule has 0 aliphatic heterocycles. The lowest BCUT2D eigenvalue weighted by atomic mass is 10.1. The summed E-state index contributed by atoms with van der Waals surface area (Å²) in [5, 5.41) is 0. The number of carbonyl (C=O) groups is 1. The van der Waals surface area contributed by atoms with E-state index in [1.165, 1.54) is 0 Å². The molecule has 0 unspecified atom stereocenters. The fourth-order valence-corrected chi connectivity index (χ4v) is 1.09. The topological polar surface area (TPSA) is 17.1 Å². The molecule has 0 spiro atoms. The summed E-state index contributed by atoms with van der Waals surface area (Å²) in [7, 11) is 0. The van der Waals surface area contributed by atoms with E-state index in [0.29, 0.717) is 5.88 Å². The maximum absolute atomic E-state index is 9.99. The molecule has 66 valence electrons. The number of carbonyl (C=O) groups excluding carboxylic acids is 1. The molecule has 0 saturated heterocycles. The van der Waals surface area contributed by atoms with Gasteiger partial charge in [-0.15, -0.1) is 11.6 Å². The lowest BCUT2D eigenvalue weighted by Crippen LogP contribution is -1.79. The average Bonchev–Trinajstić information content (AvgIpc) is 2.19. The summed E-state index contributed by atoms with van der Waals surface area (Å²) in [5.74, 6) is 6.11. The first kappa shape index (κ1) is 9.83. The molecule has 1 aromatic rings. The van der Waals surface area contributed by atoms with Gasteiger partial charge in [0.2, 0.25) is 0 Å². The van der Waals surface area contributed by atoms with Gasteiger partial charge in [-0.05, 0) is 17.7 Å². The van der Waals surface area contributed by atoms with Gasteiger partial charge in [0.15, 0.2) is 0 Å². The summed E-state index contributed by atoms with van der Waals surface area (Å²) in [6.07, 6.45) is 1.07. The fourth-order valence-electron chi connectivity index (χ4n) is 0.927. The second-order valence-electron chi connectivity index (χ2n) is 2.51. The summed E-state index contributed by atoms with van der Waals surface area (Å²) >= 11 is 5.66. The van der Waals surface area contributed by atoms with E-state index in [-0.39, 0.29) is 6.42 Å². The zero-order valence-electron chi connectivity index (χ0n) is 7.09. The number of halogens is 1. The molecule has 1 nitrogen and oxygen atoms in total. The Morgan fingerprint density at radius 2 is 2.31 bits per heavy atom. The molecule has 1 rings (SSSR count). The third kappa shape index (κ3) is 3.31. The maximum Gasteiger partial charge on any atom is 0.131 e. The van der Waals surface area contributed by atoms with Crippen LogP contribution in [0.4, 0.5) is 0 Å². The Bertz CT molecular complexity index is 347. The molecule has 0 saturated carbocycles. The van der Waals surface area contributed by atoms with Gasteiger partial charge < -0.3 is 4.79 Å². The molecule has 1 aromatic carbocycles. The second-order valence-corrected chi connectivity index (χ2v) is 2.77. The molecule has 0 aliphatic carbocycles. The van der Waals surface area contributed by atoms with E-state index in [0.717, 1.165) is 17.4 Å². The molecular formula is C11H9ClO. The number of benzene rings is 1. The van der Waals surface area contributed by atoms with Crippen LogP contribution in [0.25, 0.3) is 0 Å². The standard InChI is InChI=1S/C11H9ClO/c12-9-11-6-3-5-10(8-11)4-1-2-7-13/h3,5-8H,2,9H2. The number of rotatable bonds is 2. The van der Waals surface area contributed by atoms with Crippen molar-refractivity contribution in [2.75, 3.05) is 0 Å². The van der Waals surface area contributed by atoms with E-state index in [1.807, 2.05) is 24.3 Å². The van der Waals surface area contributed by atoms with Gasteiger partial charge >= 0.3 is 0 Å². The van der Waals surface area contributed by atoms with E-state index in [2.05, 4.69) is 11.8 Å². The minimum atomic E-state index is 0.283. The van der Waals surface area contributed by atoms with Crippen molar-refractivity contribution in [2.24, 2.45) is 0 Å². The minimum Gasteiger partial charge on any atom is -0.302 e. The molecule has 0 bridgehead atoms. The highest BCUT2D eigenvalue weighted by Crippen LogP contribution is 2.06. The Morgan fingerprint density at radius 3 is 3.00 bits per heavy atom. The van der Waals surface area contributed by atoms with Gasteiger partial charge in [-0.3, -0.25) is 0 Å². The number of hydrogen-bond acceptors (Lipinski definition) is 1. The first-order valence-corrected chi connectivity index (χ1v) is 4.47. The summed E-state index contributed by atoms with van der Waals surface area (Å²) in [6, 6.07) is 7.67. The Hall–Kier alpha value is -1.26. The van der Waals surface area contributed by atoms with Crippen molar-refractivity contribution in [3.8, 4) is 11.8 Å². The molecule has 0 atom stereocenters. The van der Waals surface area contributed by atoms with Crippen molar-refractivity contribution in [1.29, 1.82) is 0 Å². The molecule has 0 heterocycles. The van der Waals surface area contributed by atoms with E-state index in [4.69, 9.17) is 11.6 Å². The van der Waals surface area contributed by atoms with Crippen molar-refractivity contribution in [3.63, 3.8) is 0 Å².